The minimum atomic E-state index is 0.391. The van der Waals surface area contributed by atoms with Crippen LogP contribution in [0.25, 0.3) is 0 Å². The lowest BCUT2D eigenvalue weighted by Crippen LogP contribution is -2.23. The molecule has 2 N–H and O–H groups in total. The molecular formula is C15H12N4S. The molecule has 0 aliphatic rings. The summed E-state index contributed by atoms with van der Waals surface area (Å²) in [7, 11) is 0. The molecule has 0 aliphatic carbocycles. The van der Waals surface area contributed by atoms with Crippen LogP contribution in [0.5, 0.6) is 0 Å². The second kappa shape index (κ2) is 7.02. The average molecular weight is 280 g/mol. The van der Waals surface area contributed by atoms with Gasteiger partial charge in [0.05, 0.1) is 17.8 Å². The van der Waals surface area contributed by atoms with Crippen molar-refractivity contribution >= 4 is 29.2 Å². The molecule has 2 aromatic rings. The summed E-state index contributed by atoms with van der Waals surface area (Å²) in [6, 6.07) is 18.8. The lowest BCUT2D eigenvalue weighted by atomic mass is 10.2. The number of nitriles is 1. The molecule has 0 fully saturated rings. The smallest absolute Gasteiger partial charge is 0.191 e. The van der Waals surface area contributed by atoms with E-state index in [0.717, 1.165) is 11.3 Å². The predicted molar refractivity (Wildman–Crippen MR) is 84.5 cm³/mol. The van der Waals surface area contributed by atoms with Gasteiger partial charge >= 0.3 is 0 Å². The normalized spacial score (nSPS) is 9.95. The van der Waals surface area contributed by atoms with Crippen molar-refractivity contribution < 1.29 is 0 Å². The molecule has 2 rings (SSSR count). The van der Waals surface area contributed by atoms with E-state index in [1.807, 2.05) is 30.3 Å². The summed E-state index contributed by atoms with van der Waals surface area (Å²) in [4.78, 5) is 0. The summed E-state index contributed by atoms with van der Waals surface area (Å²) in [6.45, 7) is 0. The van der Waals surface area contributed by atoms with Crippen LogP contribution in [0.2, 0.25) is 0 Å². The summed E-state index contributed by atoms with van der Waals surface area (Å²) in [5, 5.41) is 16.1. The van der Waals surface area contributed by atoms with Crippen LogP contribution in [-0.4, -0.2) is 11.3 Å². The van der Waals surface area contributed by atoms with Gasteiger partial charge in [0, 0.05) is 5.69 Å². The van der Waals surface area contributed by atoms with Crippen molar-refractivity contribution in [3.05, 3.63) is 65.7 Å². The molecule has 0 spiro atoms. The molecule has 20 heavy (non-hydrogen) atoms. The second-order valence-electron chi connectivity index (χ2n) is 3.92. The topological polar surface area (TPSA) is 60.2 Å². The molecule has 0 heterocycles. The van der Waals surface area contributed by atoms with Crippen molar-refractivity contribution in [2.45, 2.75) is 0 Å². The van der Waals surface area contributed by atoms with Gasteiger partial charge in [0.25, 0.3) is 0 Å². The average Bonchev–Trinajstić information content (AvgIpc) is 2.49. The van der Waals surface area contributed by atoms with Crippen molar-refractivity contribution in [3.8, 4) is 6.07 Å². The van der Waals surface area contributed by atoms with E-state index >= 15 is 0 Å². The molecule has 0 amide bonds. The Bertz CT molecular complexity index is 642. The fourth-order valence-electron chi connectivity index (χ4n) is 1.49. The van der Waals surface area contributed by atoms with Gasteiger partial charge in [-0.05, 0) is 42.0 Å². The Morgan fingerprint density at radius 2 is 1.80 bits per heavy atom. The highest BCUT2D eigenvalue weighted by molar-refractivity contribution is 7.80. The Balaban J connectivity index is 1.86. The molecule has 98 valence electrons. The van der Waals surface area contributed by atoms with Crippen molar-refractivity contribution in [1.82, 2.24) is 5.43 Å². The Morgan fingerprint density at radius 1 is 1.10 bits per heavy atom. The van der Waals surface area contributed by atoms with Gasteiger partial charge in [-0.25, -0.2) is 0 Å². The number of hydrazone groups is 1. The monoisotopic (exact) mass is 280 g/mol. The molecule has 0 atom stereocenters. The Morgan fingerprint density at radius 3 is 2.45 bits per heavy atom. The van der Waals surface area contributed by atoms with Crippen LogP contribution in [0.3, 0.4) is 0 Å². The van der Waals surface area contributed by atoms with E-state index in [9.17, 15) is 0 Å². The molecule has 4 nitrogen and oxygen atoms in total. The quantitative estimate of drug-likeness (QED) is 0.515. The number of nitrogens with zero attached hydrogens (tertiary/aromatic N) is 2. The Hall–Kier alpha value is -2.71. The highest BCUT2D eigenvalue weighted by Crippen LogP contribution is 2.08. The number of benzene rings is 2. The van der Waals surface area contributed by atoms with Gasteiger partial charge < -0.3 is 5.32 Å². The Kier molecular flexibility index (Phi) is 4.81. The SMILES string of the molecule is N#Cc1ccc(NC(=S)NN=Cc2ccccc2)cc1. The van der Waals surface area contributed by atoms with Crippen molar-refractivity contribution in [2.75, 3.05) is 5.32 Å². The maximum atomic E-state index is 8.71. The molecule has 2 aromatic carbocycles. The Labute approximate surface area is 122 Å². The van der Waals surface area contributed by atoms with Gasteiger partial charge in [-0.15, -0.1) is 0 Å². The first-order valence-electron chi connectivity index (χ1n) is 5.93. The predicted octanol–water partition coefficient (Wildman–Crippen LogP) is 2.88. The molecule has 0 bridgehead atoms. The molecule has 0 aromatic heterocycles. The number of hydrogen-bond donors (Lipinski definition) is 2. The lowest BCUT2D eigenvalue weighted by Gasteiger charge is -2.06. The van der Waals surface area contributed by atoms with Crippen molar-refractivity contribution in [1.29, 1.82) is 5.26 Å². The van der Waals surface area contributed by atoms with Crippen LogP contribution in [0, 0.1) is 11.3 Å². The first-order chi connectivity index (χ1) is 9.78. The van der Waals surface area contributed by atoms with Gasteiger partial charge in [0.1, 0.15) is 0 Å². The van der Waals surface area contributed by atoms with Gasteiger partial charge in [-0.3, -0.25) is 5.43 Å². The number of thiocarbonyl (C=S) groups is 1. The third-order valence-corrected chi connectivity index (χ3v) is 2.64. The first kappa shape index (κ1) is 13.7. The molecule has 0 saturated heterocycles. The van der Waals surface area contributed by atoms with Crippen LogP contribution >= 0.6 is 12.2 Å². The fourth-order valence-corrected chi connectivity index (χ4v) is 1.66. The van der Waals surface area contributed by atoms with E-state index < -0.39 is 0 Å². The lowest BCUT2D eigenvalue weighted by molar-refractivity contribution is 1.05. The summed E-state index contributed by atoms with van der Waals surface area (Å²) in [5.41, 5.74) is 5.13. The molecule has 0 saturated carbocycles. The van der Waals surface area contributed by atoms with E-state index in [1.165, 1.54) is 0 Å². The highest BCUT2D eigenvalue weighted by Gasteiger charge is 1.96. The number of hydrogen-bond acceptors (Lipinski definition) is 3. The largest absolute Gasteiger partial charge is 0.331 e. The van der Waals surface area contributed by atoms with Gasteiger partial charge in [0.2, 0.25) is 0 Å². The van der Waals surface area contributed by atoms with Crippen molar-refractivity contribution in [3.63, 3.8) is 0 Å². The van der Waals surface area contributed by atoms with Crippen LogP contribution < -0.4 is 10.7 Å². The molecule has 0 radical (unpaired) electrons. The van der Waals surface area contributed by atoms with Crippen LogP contribution in [0.15, 0.2) is 59.7 Å². The maximum absolute atomic E-state index is 8.71. The standard InChI is InChI=1S/C15H12N4S/c16-10-12-6-8-14(9-7-12)18-15(20)19-17-11-13-4-2-1-3-5-13/h1-9,11H,(H2,18,19,20). The number of nitrogens with one attached hydrogen (secondary N) is 2. The fraction of sp³-hybridized carbons (Fsp3) is 0. The third-order valence-electron chi connectivity index (χ3n) is 2.45. The maximum Gasteiger partial charge on any atom is 0.191 e. The van der Waals surface area contributed by atoms with E-state index in [2.05, 4.69) is 21.9 Å². The molecule has 0 aliphatic heterocycles. The molecular weight excluding hydrogens is 268 g/mol. The van der Waals surface area contributed by atoms with Gasteiger partial charge in [0.15, 0.2) is 5.11 Å². The zero-order valence-corrected chi connectivity index (χ0v) is 11.4. The molecule has 0 unspecified atom stereocenters. The zero-order chi connectivity index (χ0) is 14.2. The van der Waals surface area contributed by atoms with Crippen molar-refractivity contribution in [2.24, 2.45) is 5.10 Å². The van der Waals surface area contributed by atoms with E-state index in [-0.39, 0.29) is 0 Å². The first-order valence-corrected chi connectivity index (χ1v) is 6.34. The van der Waals surface area contributed by atoms with E-state index in [1.54, 1.807) is 30.5 Å². The van der Waals surface area contributed by atoms with E-state index in [4.69, 9.17) is 17.5 Å². The van der Waals surface area contributed by atoms with Crippen LogP contribution in [-0.2, 0) is 0 Å². The molecule has 5 heteroatoms. The summed E-state index contributed by atoms with van der Waals surface area (Å²) < 4.78 is 0. The minimum absolute atomic E-state index is 0.391. The number of anilines is 1. The zero-order valence-electron chi connectivity index (χ0n) is 10.6. The van der Waals surface area contributed by atoms with E-state index in [0.29, 0.717) is 10.7 Å². The van der Waals surface area contributed by atoms with Crippen LogP contribution in [0.4, 0.5) is 5.69 Å². The van der Waals surface area contributed by atoms with Crippen LogP contribution in [0.1, 0.15) is 11.1 Å². The second-order valence-corrected chi connectivity index (χ2v) is 4.33. The highest BCUT2D eigenvalue weighted by atomic mass is 32.1. The summed E-state index contributed by atoms with van der Waals surface area (Å²) in [6.07, 6.45) is 1.69. The summed E-state index contributed by atoms with van der Waals surface area (Å²) in [5.74, 6) is 0. The van der Waals surface area contributed by atoms with Gasteiger partial charge in [-0.1, -0.05) is 30.3 Å². The minimum Gasteiger partial charge on any atom is -0.331 e. The third kappa shape index (κ3) is 4.19. The number of rotatable bonds is 3. The van der Waals surface area contributed by atoms with Gasteiger partial charge in [-0.2, -0.15) is 10.4 Å². The summed E-state index contributed by atoms with van der Waals surface area (Å²) >= 11 is 5.11.